The van der Waals surface area contributed by atoms with Gasteiger partial charge in [-0.15, -0.1) is 11.8 Å². The van der Waals surface area contributed by atoms with Gasteiger partial charge in [0.05, 0.1) is 11.4 Å². The molecule has 16 heavy (non-hydrogen) atoms. The van der Waals surface area contributed by atoms with E-state index in [1.807, 2.05) is 23.4 Å². The van der Waals surface area contributed by atoms with E-state index in [-0.39, 0.29) is 0 Å². The highest BCUT2D eigenvalue weighted by Gasteiger charge is 2.19. The third-order valence-electron chi connectivity index (χ3n) is 3.26. The molecular formula is C12H21N3S. The zero-order chi connectivity index (χ0) is 11.5. The zero-order valence-electron chi connectivity index (χ0n) is 10.2. The maximum atomic E-state index is 6.09. The first kappa shape index (κ1) is 11.8. The van der Waals surface area contributed by atoms with E-state index in [1.165, 1.54) is 37.1 Å². The Labute approximate surface area is 102 Å². The van der Waals surface area contributed by atoms with Gasteiger partial charge in [0.2, 0.25) is 0 Å². The topological polar surface area (TPSA) is 43.8 Å². The van der Waals surface area contributed by atoms with E-state index < -0.39 is 0 Å². The lowest BCUT2D eigenvalue weighted by molar-refractivity contribution is 0.513. The highest BCUT2D eigenvalue weighted by Crippen LogP contribution is 2.37. The van der Waals surface area contributed by atoms with Crippen LogP contribution in [0, 0.1) is 6.92 Å². The smallest absolute Gasteiger partial charge is 0.118 e. The quantitative estimate of drug-likeness (QED) is 0.880. The van der Waals surface area contributed by atoms with Gasteiger partial charge in [0.15, 0.2) is 0 Å². The molecule has 0 bridgehead atoms. The van der Waals surface area contributed by atoms with Crippen LogP contribution in [0.5, 0.6) is 0 Å². The van der Waals surface area contributed by atoms with E-state index in [0.29, 0.717) is 0 Å². The molecule has 0 aromatic carbocycles. The summed E-state index contributed by atoms with van der Waals surface area (Å²) in [7, 11) is 0. The number of aryl methyl sites for hydroxylation is 2. The van der Waals surface area contributed by atoms with Crippen molar-refractivity contribution in [3.05, 3.63) is 5.69 Å². The van der Waals surface area contributed by atoms with Crippen LogP contribution in [0.4, 0.5) is 5.69 Å². The summed E-state index contributed by atoms with van der Waals surface area (Å²) in [4.78, 5) is 0. The van der Waals surface area contributed by atoms with Gasteiger partial charge in [-0.05, 0) is 26.7 Å². The first-order valence-corrected chi connectivity index (χ1v) is 7.10. The predicted molar refractivity (Wildman–Crippen MR) is 69.8 cm³/mol. The number of anilines is 1. The number of aromatic nitrogens is 2. The molecule has 0 aliphatic heterocycles. The van der Waals surface area contributed by atoms with Crippen LogP contribution in [0.2, 0.25) is 0 Å². The highest BCUT2D eigenvalue weighted by molar-refractivity contribution is 8.00. The number of rotatable bonds is 3. The molecule has 0 atom stereocenters. The fourth-order valence-electron chi connectivity index (χ4n) is 2.25. The summed E-state index contributed by atoms with van der Waals surface area (Å²) in [6, 6.07) is 0. The predicted octanol–water partition coefficient (Wildman–Crippen LogP) is 3.22. The van der Waals surface area contributed by atoms with Gasteiger partial charge in [0.1, 0.15) is 5.03 Å². The molecule has 2 N–H and O–H groups in total. The van der Waals surface area contributed by atoms with Crippen LogP contribution in [-0.2, 0) is 6.54 Å². The van der Waals surface area contributed by atoms with E-state index in [2.05, 4.69) is 12.0 Å². The number of hydrogen-bond donors (Lipinski definition) is 1. The minimum absolute atomic E-state index is 0.748. The molecule has 3 nitrogen and oxygen atoms in total. The number of nitrogens with zero attached hydrogens (tertiary/aromatic N) is 2. The minimum Gasteiger partial charge on any atom is -0.395 e. The number of nitrogens with two attached hydrogens (primary N) is 1. The summed E-state index contributed by atoms with van der Waals surface area (Å²) in [5, 5.41) is 6.40. The Morgan fingerprint density at radius 3 is 2.69 bits per heavy atom. The van der Waals surface area contributed by atoms with Crippen LogP contribution in [0.1, 0.15) is 44.7 Å². The lowest BCUT2D eigenvalue weighted by Crippen LogP contribution is -2.10. The second kappa shape index (κ2) is 5.13. The largest absolute Gasteiger partial charge is 0.395 e. The van der Waals surface area contributed by atoms with Crippen molar-refractivity contribution >= 4 is 17.4 Å². The number of thioether (sulfide) groups is 1. The number of hydrogen-bond acceptors (Lipinski definition) is 3. The van der Waals surface area contributed by atoms with Crippen LogP contribution in [-0.4, -0.2) is 15.0 Å². The van der Waals surface area contributed by atoms with Crippen molar-refractivity contribution in [1.29, 1.82) is 0 Å². The Kier molecular flexibility index (Phi) is 3.79. The maximum Gasteiger partial charge on any atom is 0.118 e. The van der Waals surface area contributed by atoms with Crippen molar-refractivity contribution < 1.29 is 0 Å². The average molecular weight is 239 g/mol. The molecule has 0 spiro atoms. The van der Waals surface area contributed by atoms with Gasteiger partial charge in [-0.3, -0.25) is 4.68 Å². The molecular weight excluding hydrogens is 218 g/mol. The molecule has 0 saturated heterocycles. The van der Waals surface area contributed by atoms with Crippen LogP contribution in [0.25, 0.3) is 0 Å². The summed E-state index contributed by atoms with van der Waals surface area (Å²) < 4.78 is 2.05. The molecule has 1 aliphatic rings. The lowest BCUT2D eigenvalue weighted by Gasteiger charge is -2.21. The fraction of sp³-hybridized carbons (Fsp3) is 0.750. The second-order valence-corrected chi connectivity index (χ2v) is 5.79. The maximum absolute atomic E-state index is 6.09. The van der Waals surface area contributed by atoms with Crippen molar-refractivity contribution in [3.63, 3.8) is 0 Å². The third kappa shape index (κ3) is 2.37. The molecule has 0 radical (unpaired) electrons. The minimum atomic E-state index is 0.748. The van der Waals surface area contributed by atoms with Gasteiger partial charge in [-0.1, -0.05) is 19.3 Å². The van der Waals surface area contributed by atoms with Crippen LogP contribution >= 0.6 is 11.8 Å². The standard InChI is InChI=1S/C12H21N3S/c1-3-15-12(11(13)9(2)14-15)16-10-7-5-4-6-8-10/h10H,3-8,13H2,1-2H3. The number of nitrogen functional groups attached to an aromatic ring is 1. The lowest BCUT2D eigenvalue weighted by atomic mass is 10.0. The average Bonchev–Trinajstić information content (AvgIpc) is 2.58. The summed E-state index contributed by atoms with van der Waals surface area (Å²) in [6.45, 7) is 5.02. The second-order valence-electron chi connectivity index (χ2n) is 4.50. The monoisotopic (exact) mass is 239 g/mol. The first-order chi connectivity index (χ1) is 7.72. The normalized spacial score (nSPS) is 17.9. The van der Waals surface area contributed by atoms with Gasteiger partial charge in [-0.25, -0.2) is 0 Å². The van der Waals surface area contributed by atoms with E-state index in [9.17, 15) is 0 Å². The van der Waals surface area contributed by atoms with Gasteiger partial charge >= 0.3 is 0 Å². The van der Waals surface area contributed by atoms with Gasteiger partial charge in [0.25, 0.3) is 0 Å². The SMILES string of the molecule is CCn1nc(C)c(N)c1SC1CCCCC1. The Balaban J connectivity index is 2.12. The molecule has 90 valence electrons. The van der Waals surface area contributed by atoms with E-state index in [4.69, 9.17) is 5.73 Å². The van der Waals surface area contributed by atoms with E-state index >= 15 is 0 Å². The molecule has 1 aliphatic carbocycles. The highest BCUT2D eigenvalue weighted by atomic mass is 32.2. The molecule has 1 fully saturated rings. The summed E-state index contributed by atoms with van der Waals surface area (Å²) in [6.07, 6.45) is 6.81. The molecule has 1 aromatic rings. The van der Waals surface area contributed by atoms with Crippen molar-refractivity contribution in [1.82, 2.24) is 9.78 Å². The van der Waals surface area contributed by atoms with Crippen LogP contribution in [0.15, 0.2) is 5.03 Å². The van der Waals surface area contributed by atoms with Gasteiger partial charge < -0.3 is 5.73 Å². The molecule has 1 heterocycles. The molecule has 0 amide bonds. The summed E-state index contributed by atoms with van der Waals surface area (Å²) in [5.41, 5.74) is 7.95. The van der Waals surface area contributed by atoms with E-state index in [1.54, 1.807) is 0 Å². The Hall–Kier alpha value is -0.640. The summed E-state index contributed by atoms with van der Waals surface area (Å²) in [5.74, 6) is 0. The zero-order valence-corrected chi connectivity index (χ0v) is 11.0. The van der Waals surface area contributed by atoms with Crippen molar-refractivity contribution in [3.8, 4) is 0 Å². The van der Waals surface area contributed by atoms with Gasteiger partial charge in [0, 0.05) is 11.8 Å². The Morgan fingerprint density at radius 1 is 1.38 bits per heavy atom. The Morgan fingerprint density at radius 2 is 2.06 bits per heavy atom. The third-order valence-corrected chi connectivity index (χ3v) is 4.71. The van der Waals surface area contributed by atoms with Crippen LogP contribution in [0.3, 0.4) is 0 Å². The Bertz CT molecular complexity index is 353. The molecule has 0 unspecified atom stereocenters. The summed E-state index contributed by atoms with van der Waals surface area (Å²) >= 11 is 1.94. The van der Waals surface area contributed by atoms with Gasteiger partial charge in [-0.2, -0.15) is 5.10 Å². The van der Waals surface area contributed by atoms with E-state index in [0.717, 1.165) is 23.2 Å². The molecule has 2 rings (SSSR count). The fourth-order valence-corrected chi connectivity index (χ4v) is 3.70. The van der Waals surface area contributed by atoms with Crippen molar-refractivity contribution in [2.75, 3.05) is 5.73 Å². The molecule has 1 saturated carbocycles. The molecule has 4 heteroatoms. The van der Waals surface area contributed by atoms with Crippen LogP contribution < -0.4 is 5.73 Å². The van der Waals surface area contributed by atoms with Crippen molar-refractivity contribution in [2.45, 2.75) is 62.8 Å². The first-order valence-electron chi connectivity index (χ1n) is 6.22. The molecule has 1 aromatic heterocycles. The van der Waals surface area contributed by atoms with Crippen molar-refractivity contribution in [2.24, 2.45) is 0 Å².